The van der Waals surface area contributed by atoms with E-state index in [1.807, 2.05) is 14.0 Å². The molecule has 4 fully saturated rings. The Kier molecular flexibility index (Phi) is 4.00. The number of nitrogens with zero attached hydrogens (tertiary/aromatic N) is 1. The number of benzene rings is 1. The zero-order valence-electron chi connectivity index (χ0n) is 20.7. The molecule has 32 heavy (non-hydrogen) atoms. The van der Waals surface area contributed by atoms with Crippen molar-refractivity contribution in [1.82, 2.24) is 4.90 Å². The molecule has 0 radical (unpaired) electrons. The smallest absolute Gasteiger partial charge is 0.165 e. The highest BCUT2D eigenvalue weighted by Gasteiger charge is 2.82. The molecule has 2 spiro atoms. The van der Waals surface area contributed by atoms with E-state index in [1.165, 1.54) is 11.1 Å². The van der Waals surface area contributed by atoms with Gasteiger partial charge in [0, 0.05) is 35.5 Å². The Morgan fingerprint density at radius 2 is 1.88 bits per heavy atom. The van der Waals surface area contributed by atoms with E-state index >= 15 is 0 Å². The first-order valence-electron chi connectivity index (χ1n) is 12.3. The predicted molar refractivity (Wildman–Crippen MR) is 123 cm³/mol. The summed E-state index contributed by atoms with van der Waals surface area (Å²) in [5.41, 5.74) is 1.17. The average Bonchev–Trinajstić information content (AvgIpc) is 3.12. The lowest BCUT2D eigenvalue weighted by molar-refractivity contribution is -0.311. The number of fused-ring (bicyclic) bond motifs is 2. The number of hydrogen-bond acceptors (Lipinski definition) is 5. The second kappa shape index (κ2) is 6.03. The number of methoxy groups -OCH3 is 2. The van der Waals surface area contributed by atoms with Gasteiger partial charge in [-0.1, -0.05) is 26.8 Å². The average molecular weight is 442 g/mol. The van der Waals surface area contributed by atoms with Crippen LogP contribution in [0.4, 0.5) is 0 Å². The molecule has 1 aromatic carbocycles. The third-order valence-electron chi connectivity index (χ3n) is 11.0. The molecule has 1 saturated heterocycles. The quantitative estimate of drug-likeness (QED) is 0.770. The van der Waals surface area contributed by atoms with Crippen LogP contribution in [0.3, 0.4) is 0 Å². The van der Waals surface area contributed by atoms with Gasteiger partial charge in [0.15, 0.2) is 11.5 Å². The molecule has 176 valence electrons. The summed E-state index contributed by atoms with van der Waals surface area (Å²) in [6.07, 6.45) is 5.07. The van der Waals surface area contributed by atoms with Gasteiger partial charge in [0.25, 0.3) is 0 Å². The van der Waals surface area contributed by atoms with Crippen molar-refractivity contribution in [2.24, 2.45) is 16.7 Å². The van der Waals surface area contributed by atoms with Crippen LogP contribution in [0.2, 0.25) is 0 Å². The van der Waals surface area contributed by atoms with Gasteiger partial charge in [-0.05, 0) is 69.7 Å². The minimum atomic E-state index is -0.882. The summed E-state index contributed by atoms with van der Waals surface area (Å²) in [4.78, 5) is 2.60. The summed E-state index contributed by atoms with van der Waals surface area (Å²) in [5.74, 6) is 1.79. The maximum atomic E-state index is 12.1. The van der Waals surface area contributed by atoms with E-state index in [-0.39, 0.29) is 28.3 Å². The molecule has 1 aromatic rings. The van der Waals surface area contributed by atoms with Crippen LogP contribution in [-0.2, 0) is 16.6 Å². The van der Waals surface area contributed by atoms with Crippen LogP contribution in [0.25, 0.3) is 0 Å². The summed E-state index contributed by atoms with van der Waals surface area (Å²) >= 11 is 0. The Bertz CT molecular complexity index is 983. The second-order valence-electron chi connectivity index (χ2n) is 12.5. The minimum Gasteiger partial charge on any atom is -0.493 e. The first-order chi connectivity index (χ1) is 15.0. The van der Waals surface area contributed by atoms with E-state index in [2.05, 4.69) is 44.9 Å². The van der Waals surface area contributed by atoms with Gasteiger partial charge < -0.3 is 24.2 Å². The zero-order valence-corrected chi connectivity index (χ0v) is 20.7. The Morgan fingerprint density at radius 3 is 2.53 bits per heavy atom. The zero-order chi connectivity index (χ0) is 22.9. The summed E-state index contributed by atoms with van der Waals surface area (Å²) in [6, 6.07) is 4.82. The lowest BCUT2D eigenvalue weighted by atomic mass is 9.33. The van der Waals surface area contributed by atoms with Crippen molar-refractivity contribution >= 4 is 0 Å². The summed E-state index contributed by atoms with van der Waals surface area (Å²) < 4.78 is 19.4. The number of likely N-dealkylation sites (N-methyl/N-ethyl adjacent to an activating group) is 1. The Hall–Kier alpha value is -1.30. The van der Waals surface area contributed by atoms with E-state index in [1.54, 1.807) is 7.11 Å². The molecule has 6 aliphatic rings. The molecule has 4 aliphatic carbocycles. The summed E-state index contributed by atoms with van der Waals surface area (Å²) in [6.45, 7) is 9.59. The third-order valence-corrected chi connectivity index (χ3v) is 11.0. The van der Waals surface area contributed by atoms with Crippen LogP contribution < -0.4 is 9.47 Å². The van der Waals surface area contributed by atoms with Gasteiger partial charge in [-0.2, -0.15) is 0 Å². The number of likely N-dealkylation sites (tertiary alicyclic amines) is 1. The Balaban J connectivity index is 1.65. The minimum absolute atomic E-state index is 0.00253. The third kappa shape index (κ3) is 2.01. The van der Waals surface area contributed by atoms with E-state index in [0.29, 0.717) is 6.04 Å². The molecule has 5 heteroatoms. The monoisotopic (exact) mass is 441 g/mol. The van der Waals surface area contributed by atoms with Crippen molar-refractivity contribution in [3.05, 3.63) is 23.3 Å². The standard InChI is InChI=1S/C27H39NO4/c1-23(2,3)24(4,29)18-15-25-10-11-27(18,31-7)22-26(25)12-13-28(5)19(25)14-16-8-9-17(30-6)21(32-22)20(16)26/h8-9,18-19,22,29H,10-15H2,1-7H3/t18-,19-,22?,24?,25-,26+,27-/m1/s1. The highest BCUT2D eigenvalue weighted by Crippen LogP contribution is 2.77. The maximum Gasteiger partial charge on any atom is 0.165 e. The second-order valence-corrected chi connectivity index (χ2v) is 12.5. The number of hydrogen-bond donors (Lipinski definition) is 1. The van der Waals surface area contributed by atoms with Crippen LogP contribution in [0.5, 0.6) is 11.5 Å². The molecule has 3 saturated carbocycles. The molecular weight excluding hydrogens is 402 g/mol. The Morgan fingerprint density at radius 1 is 1.12 bits per heavy atom. The predicted octanol–water partition coefficient (Wildman–Crippen LogP) is 3.94. The fourth-order valence-corrected chi connectivity index (χ4v) is 9.01. The van der Waals surface area contributed by atoms with Crippen LogP contribution in [0, 0.1) is 16.7 Å². The number of rotatable bonds is 3. The van der Waals surface area contributed by atoms with Crippen LogP contribution in [-0.4, -0.2) is 61.2 Å². The fourth-order valence-electron chi connectivity index (χ4n) is 9.01. The van der Waals surface area contributed by atoms with Crippen molar-refractivity contribution in [3.63, 3.8) is 0 Å². The van der Waals surface area contributed by atoms with Crippen LogP contribution in [0.15, 0.2) is 12.1 Å². The van der Waals surface area contributed by atoms with Gasteiger partial charge in [0.1, 0.15) is 11.7 Å². The molecule has 2 heterocycles. The molecule has 5 nitrogen and oxygen atoms in total. The first-order valence-corrected chi connectivity index (χ1v) is 12.3. The fraction of sp³-hybridized carbons (Fsp3) is 0.778. The molecular formula is C27H39NO4. The van der Waals surface area contributed by atoms with Gasteiger partial charge in [-0.15, -0.1) is 0 Å². The lowest BCUT2D eigenvalue weighted by Gasteiger charge is -2.75. The summed E-state index contributed by atoms with van der Waals surface area (Å²) in [7, 11) is 5.89. The first kappa shape index (κ1) is 21.2. The van der Waals surface area contributed by atoms with Gasteiger partial charge in [0.2, 0.25) is 0 Å². The van der Waals surface area contributed by atoms with Gasteiger partial charge >= 0.3 is 0 Å². The molecule has 0 amide bonds. The molecule has 2 aliphatic heterocycles. The van der Waals surface area contributed by atoms with E-state index in [4.69, 9.17) is 14.2 Å². The van der Waals surface area contributed by atoms with Crippen molar-refractivity contribution in [1.29, 1.82) is 0 Å². The number of piperidine rings is 1. The van der Waals surface area contributed by atoms with Crippen LogP contribution >= 0.6 is 0 Å². The molecule has 7 atom stereocenters. The highest BCUT2D eigenvalue weighted by atomic mass is 16.6. The van der Waals surface area contributed by atoms with Crippen molar-refractivity contribution < 1.29 is 19.3 Å². The normalized spacial score (nSPS) is 43.4. The molecule has 0 aromatic heterocycles. The van der Waals surface area contributed by atoms with Crippen molar-refractivity contribution in [2.45, 2.75) is 88.6 Å². The van der Waals surface area contributed by atoms with Crippen molar-refractivity contribution in [2.75, 3.05) is 27.8 Å². The highest BCUT2D eigenvalue weighted by molar-refractivity contribution is 5.63. The Labute approximate surface area is 192 Å². The lowest BCUT2D eigenvalue weighted by Crippen LogP contribution is -2.83. The molecule has 2 unspecified atom stereocenters. The van der Waals surface area contributed by atoms with Gasteiger partial charge in [-0.3, -0.25) is 0 Å². The van der Waals surface area contributed by atoms with Crippen molar-refractivity contribution in [3.8, 4) is 11.5 Å². The molecule has 7 rings (SSSR count). The maximum absolute atomic E-state index is 12.1. The SMILES string of the molecule is COc1ccc2c3c1OC1[C@@]4(OC)CC[C@@]5(C[C@@H]4C(C)(O)C(C)(C)C)[C@@H](C2)N(C)CC[C@]315. The van der Waals surface area contributed by atoms with Crippen LogP contribution in [0.1, 0.15) is 64.5 Å². The van der Waals surface area contributed by atoms with Gasteiger partial charge in [-0.25, -0.2) is 0 Å². The molecule has 4 bridgehead atoms. The topological polar surface area (TPSA) is 51.2 Å². The van der Waals surface area contributed by atoms with E-state index in [9.17, 15) is 5.11 Å². The van der Waals surface area contributed by atoms with E-state index < -0.39 is 11.2 Å². The summed E-state index contributed by atoms with van der Waals surface area (Å²) in [5, 5.41) is 12.1. The van der Waals surface area contributed by atoms with E-state index in [0.717, 1.165) is 50.1 Å². The van der Waals surface area contributed by atoms with Gasteiger partial charge in [0.05, 0.1) is 12.7 Å². The molecule has 1 N–H and O–H groups in total. The number of ether oxygens (including phenoxy) is 3. The number of aliphatic hydroxyl groups is 1. The largest absolute Gasteiger partial charge is 0.493 e.